The third-order valence-corrected chi connectivity index (χ3v) is 1.54. The first-order valence-corrected chi connectivity index (χ1v) is 3.71. The largest absolute Gasteiger partial charge is 0.469 e. The Kier molecular flexibility index (Phi) is 3.14. The summed E-state index contributed by atoms with van der Waals surface area (Å²) in [4.78, 5) is 0. The zero-order valence-corrected chi connectivity index (χ0v) is 6.36. The molecule has 3 heteroatoms. The maximum Gasteiger partial charge on any atom is 0.105 e. The molecule has 1 atom stereocenters. The van der Waals surface area contributed by atoms with Crippen LogP contribution in [0.3, 0.4) is 0 Å². The van der Waals surface area contributed by atoms with Crippen LogP contribution in [0.2, 0.25) is 0 Å². The van der Waals surface area contributed by atoms with E-state index in [0.717, 1.165) is 5.76 Å². The van der Waals surface area contributed by atoms with E-state index in [9.17, 15) is 0 Å². The van der Waals surface area contributed by atoms with E-state index >= 15 is 0 Å². The molecule has 0 fully saturated rings. The number of hydrogen-bond donors (Lipinski definition) is 2. The second-order valence-electron chi connectivity index (χ2n) is 2.56. The lowest BCUT2D eigenvalue weighted by molar-refractivity contribution is 0.273. The van der Waals surface area contributed by atoms with Crippen molar-refractivity contribution in [3.63, 3.8) is 0 Å². The predicted molar refractivity (Wildman–Crippen MR) is 42.1 cm³/mol. The van der Waals surface area contributed by atoms with Gasteiger partial charge in [0.05, 0.1) is 6.26 Å². The number of aliphatic hydroxyl groups excluding tert-OH is 1. The van der Waals surface area contributed by atoms with Gasteiger partial charge in [0.1, 0.15) is 5.76 Å². The summed E-state index contributed by atoms with van der Waals surface area (Å²) < 4.78 is 5.09. The molecule has 0 aliphatic carbocycles. The first-order valence-electron chi connectivity index (χ1n) is 3.71. The molecule has 0 saturated carbocycles. The average Bonchev–Trinajstić information content (AvgIpc) is 2.40. The average molecular weight is 155 g/mol. The molecule has 0 bridgehead atoms. The second-order valence-corrected chi connectivity index (χ2v) is 2.56. The van der Waals surface area contributed by atoms with Crippen molar-refractivity contribution in [1.29, 1.82) is 0 Å². The fourth-order valence-corrected chi connectivity index (χ4v) is 0.955. The topological polar surface area (TPSA) is 59.4 Å². The lowest BCUT2D eigenvalue weighted by atomic mass is 10.1. The van der Waals surface area contributed by atoms with E-state index in [1.54, 1.807) is 6.26 Å². The van der Waals surface area contributed by atoms with Gasteiger partial charge in [-0.05, 0) is 18.6 Å². The molecule has 0 aromatic carbocycles. The third kappa shape index (κ3) is 2.74. The van der Waals surface area contributed by atoms with Gasteiger partial charge in [0.25, 0.3) is 0 Å². The molecule has 0 saturated heterocycles. The van der Waals surface area contributed by atoms with Crippen LogP contribution in [0, 0.1) is 0 Å². The van der Waals surface area contributed by atoms with E-state index < -0.39 is 0 Å². The van der Waals surface area contributed by atoms with Crippen molar-refractivity contribution in [3.05, 3.63) is 24.2 Å². The van der Waals surface area contributed by atoms with Crippen LogP contribution in [0.25, 0.3) is 0 Å². The predicted octanol–water partition coefficient (Wildman–Crippen LogP) is 0.532. The monoisotopic (exact) mass is 155 g/mol. The standard InChI is InChI=1S/C8H13NO2/c9-7(3-4-10)6-8-2-1-5-11-8/h1-2,5,7,10H,3-4,6,9H2/t7-/m0/s1. The van der Waals surface area contributed by atoms with Crippen molar-refractivity contribution in [1.82, 2.24) is 0 Å². The van der Waals surface area contributed by atoms with Crippen LogP contribution in [0.4, 0.5) is 0 Å². The Bertz CT molecular complexity index is 184. The fraction of sp³-hybridized carbons (Fsp3) is 0.500. The number of rotatable bonds is 4. The summed E-state index contributed by atoms with van der Waals surface area (Å²) in [5.74, 6) is 0.881. The van der Waals surface area contributed by atoms with Crippen molar-refractivity contribution in [2.24, 2.45) is 5.73 Å². The Hall–Kier alpha value is -0.800. The molecule has 0 amide bonds. The van der Waals surface area contributed by atoms with E-state index in [0.29, 0.717) is 12.8 Å². The molecule has 3 nitrogen and oxygen atoms in total. The van der Waals surface area contributed by atoms with Crippen molar-refractivity contribution in [3.8, 4) is 0 Å². The first-order chi connectivity index (χ1) is 5.33. The van der Waals surface area contributed by atoms with Crippen LogP contribution in [-0.4, -0.2) is 17.8 Å². The van der Waals surface area contributed by atoms with Gasteiger partial charge in [-0.3, -0.25) is 0 Å². The summed E-state index contributed by atoms with van der Waals surface area (Å²) in [5.41, 5.74) is 5.66. The van der Waals surface area contributed by atoms with Gasteiger partial charge in [-0.15, -0.1) is 0 Å². The Morgan fingerprint density at radius 1 is 1.64 bits per heavy atom. The summed E-state index contributed by atoms with van der Waals surface area (Å²) >= 11 is 0. The number of aliphatic hydroxyl groups is 1. The molecular weight excluding hydrogens is 142 g/mol. The quantitative estimate of drug-likeness (QED) is 0.666. The Labute approximate surface area is 65.8 Å². The van der Waals surface area contributed by atoms with Gasteiger partial charge in [-0.1, -0.05) is 0 Å². The van der Waals surface area contributed by atoms with Crippen molar-refractivity contribution in [2.45, 2.75) is 18.9 Å². The molecule has 3 N–H and O–H groups in total. The number of furan rings is 1. The molecule has 1 heterocycles. The summed E-state index contributed by atoms with van der Waals surface area (Å²) in [5, 5.41) is 8.55. The van der Waals surface area contributed by atoms with E-state index in [4.69, 9.17) is 15.3 Å². The lowest BCUT2D eigenvalue weighted by Crippen LogP contribution is -2.23. The van der Waals surface area contributed by atoms with Crippen LogP contribution < -0.4 is 5.73 Å². The minimum absolute atomic E-state index is 0.00569. The molecule has 0 radical (unpaired) electrons. The van der Waals surface area contributed by atoms with Crippen LogP contribution >= 0.6 is 0 Å². The Morgan fingerprint density at radius 3 is 3.00 bits per heavy atom. The highest BCUT2D eigenvalue weighted by molar-refractivity contribution is 4.99. The fourth-order valence-electron chi connectivity index (χ4n) is 0.955. The van der Waals surface area contributed by atoms with Gasteiger partial charge in [0.2, 0.25) is 0 Å². The summed E-state index contributed by atoms with van der Waals surface area (Å²) in [6, 6.07) is 3.73. The van der Waals surface area contributed by atoms with Gasteiger partial charge in [0.15, 0.2) is 0 Å². The lowest BCUT2D eigenvalue weighted by Gasteiger charge is -2.06. The number of nitrogens with two attached hydrogens (primary N) is 1. The van der Waals surface area contributed by atoms with Crippen LogP contribution in [-0.2, 0) is 6.42 Å². The minimum Gasteiger partial charge on any atom is -0.469 e. The van der Waals surface area contributed by atoms with Crippen molar-refractivity contribution < 1.29 is 9.52 Å². The smallest absolute Gasteiger partial charge is 0.105 e. The molecule has 1 aromatic rings. The number of hydrogen-bond acceptors (Lipinski definition) is 3. The van der Waals surface area contributed by atoms with Crippen molar-refractivity contribution >= 4 is 0 Å². The zero-order chi connectivity index (χ0) is 8.10. The van der Waals surface area contributed by atoms with Gasteiger partial charge >= 0.3 is 0 Å². The van der Waals surface area contributed by atoms with Gasteiger partial charge in [-0.25, -0.2) is 0 Å². The summed E-state index contributed by atoms with van der Waals surface area (Å²) in [7, 11) is 0. The molecule has 1 aromatic heterocycles. The second kappa shape index (κ2) is 4.16. The van der Waals surface area contributed by atoms with E-state index in [2.05, 4.69) is 0 Å². The molecule has 0 unspecified atom stereocenters. The molecule has 0 aliphatic rings. The van der Waals surface area contributed by atoms with E-state index in [1.807, 2.05) is 12.1 Å². The SMILES string of the molecule is N[C@@H](CCO)Cc1ccco1. The maximum absolute atomic E-state index is 8.55. The molecule has 11 heavy (non-hydrogen) atoms. The molecule has 0 spiro atoms. The Morgan fingerprint density at radius 2 is 2.45 bits per heavy atom. The van der Waals surface area contributed by atoms with Crippen LogP contribution in [0.15, 0.2) is 22.8 Å². The van der Waals surface area contributed by atoms with E-state index in [1.165, 1.54) is 0 Å². The normalized spacial score (nSPS) is 13.3. The molecular formula is C8H13NO2. The van der Waals surface area contributed by atoms with Gasteiger partial charge in [-0.2, -0.15) is 0 Å². The summed E-state index contributed by atoms with van der Waals surface area (Å²) in [6.07, 6.45) is 2.95. The first kappa shape index (κ1) is 8.30. The van der Waals surface area contributed by atoms with Gasteiger partial charge < -0.3 is 15.3 Å². The highest BCUT2D eigenvalue weighted by Crippen LogP contribution is 2.04. The third-order valence-electron chi connectivity index (χ3n) is 1.54. The van der Waals surface area contributed by atoms with Gasteiger partial charge in [0, 0.05) is 19.1 Å². The summed E-state index contributed by atoms with van der Waals surface area (Å²) in [6.45, 7) is 0.141. The van der Waals surface area contributed by atoms with Crippen LogP contribution in [0.1, 0.15) is 12.2 Å². The Balaban J connectivity index is 2.31. The zero-order valence-electron chi connectivity index (χ0n) is 6.36. The molecule has 1 rings (SSSR count). The van der Waals surface area contributed by atoms with E-state index in [-0.39, 0.29) is 12.6 Å². The molecule has 0 aliphatic heterocycles. The highest BCUT2D eigenvalue weighted by Gasteiger charge is 2.04. The highest BCUT2D eigenvalue weighted by atomic mass is 16.3. The maximum atomic E-state index is 8.55. The van der Waals surface area contributed by atoms with Crippen LogP contribution in [0.5, 0.6) is 0 Å². The molecule has 62 valence electrons. The van der Waals surface area contributed by atoms with Crippen molar-refractivity contribution in [2.75, 3.05) is 6.61 Å². The minimum atomic E-state index is 0.00569.